The van der Waals surface area contributed by atoms with Crippen molar-refractivity contribution >= 4 is 28.7 Å². The normalized spacial score (nSPS) is 10.7. The van der Waals surface area contributed by atoms with Crippen molar-refractivity contribution in [2.45, 2.75) is 13.8 Å². The van der Waals surface area contributed by atoms with E-state index >= 15 is 0 Å². The molecule has 0 aliphatic rings. The molecule has 0 aliphatic heterocycles. The fourth-order valence-electron chi connectivity index (χ4n) is 3.21. The Morgan fingerprint density at radius 3 is 2.38 bits per heavy atom. The van der Waals surface area contributed by atoms with E-state index in [0.29, 0.717) is 16.9 Å². The number of amides is 2. The molecule has 29 heavy (non-hydrogen) atoms. The molecule has 0 saturated carbocycles. The van der Waals surface area contributed by atoms with Crippen LogP contribution in [0.3, 0.4) is 0 Å². The lowest BCUT2D eigenvalue weighted by molar-refractivity contribution is 0.101. The number of anilines is 2. The number of aromatic nitrogens is 2. The third-order valence-corrected chi connectivity index (χ3v) is 4.63. The van der Waals surface area contributed by atoms with Crippen LogP contribution in [0.25, 0.3) is 5.52 Å². The Kier molecular flexibility index (Phi) is 4.83. The predicted molar refractivity (Wildman–Crippen MR) is 113 cm³/mol. The molecule has 0 unspecified atom stereocenters. The number of hydrogen-bond donors (Lipinski definition) is 2. The van der Waals surface area contributed by atoms with Gasteiger partial charge in [0.2, 0.25) is 5.82 Å². The van der Waals surface area contributed by atoms with Crippen LogP contribution in [0.4, 0.5) is 11.4 Å². The molecule has 4 rings (SSSR count). The quantitative estimate of drug-likeness (QED) is 0.546. The van der Waals surface area contributed by atoms with Crippen molar-refractivity contribution in [2.24, 2.45) is 0 Å². The number of pyridine rings is 1. The number of fused-ring (bicyclic) bond motifs is 1. The molecular weight excluding hydrogens is 364 g/mol. The van der Waals surface area contributed by atoms with Gasteiger partial charge < -0.3 is 10.6 Å². The number of carbonyl (C=O) groups is 2. The smallest absolute Gasteiger partial charge is 0.292 e. The van der Waals surface area contributed by atoms with E-state index in [1.54, 1.807) is 34.9 Å². The van der Waals surface area contributed by atoms with E-state index in [0.717, 1.165) is 11.1 Å². The number of hydrogen-bond acceptors (Lipinski definition) is 3. The summed E-state index contributed by atoms with van der Waals surface area (Å²) in [5.74, 6) is -0.599. The molecule has 6 heteroatoms. The third kappa shape index (κ3) is 3.73. The average molecular weight is 384 g/mol. The third-order valence-electron chi connectivity index (χ3n) is 4.63. The number of carbonyl (C=O) groups excluding carboxylic acids is 2. The number of imidazole rings is 1. The summed E-state index contributed by atoms with van der Waals surface area (Å²) in [4.78, 5) is 30.1. The fourth-order valence-corrected chi connectivity index (χ4v) is 3.21. The highest BCUT2D eigenvalue weighted by Gasteiger charge is 2.22. The second-order valence-electron chi connectivity index (χ2n) is 6.83. The second-order valence-corrected chi connectivity index (χ2v) is 6.83. The molecule has 144 valence electrons. The van der Waals surface area contributed by atoms with Gasteiger partial charge in [-0.1, -0.05) is 42.0 Å². The van der Waals surface area contributed by atoms with Crippen LogP contribution < -0.4 is 10.6 Å². The molecule has 2 amide bonds. The Balaban J connectivity index is 1.68. The van der Waals surface area contributed by atoms with Gasteiger partial charge in [-0.05, 0) is 49.7 Å². The van der Waals surface area contributed by atoms with E-state index in [1.165, 1.54) is 0 Å². The van der Waals surface area contributed by atoms with E-state index in [9.17, 15) is 9.59 Å². The molecule has 0 saturated heterocycles. The summed E-state index contributed by atoms with van der Waals surface area (Å²) in [5.41, 5.74) is 4.22. The van der Waals surface area contributed by atoms with Crippen molar-refractivity contribution < 1.29 is 9.59 Å². The van der Waals surface area contributed by atoms with Gasteiger partial charge in [-0.3, -0.25) is 14.0 Å². The van der Waals surface area contributed by atoms with Gasteiger partial charge >= 0.3 is 0 Å². The van der Waals surface area contributed by atoms with Crippen LogP contribution >= 0.6 is 0 Å². The summed E-state index contributed by atoms with van der Waals surface area (Å²) >= 11 is 0. The maximum absolute atomic E-state index is 12.9. The monoisotopic (exact) mass is 384 g/mol. The molecule has 2 aromatic carbocycles. The molecule has 2 N–H and O–H groups in total. The predicted octanol–water partition coefficient (Wildman–Crippen LogP) is 4.46. The van der Waals surface area contributed by atoms with Crippen LogP contribution in [0.2, 0.25) is 0 Å². The zero-order valence-corrected chi connectivity index (χ0v) is 16.1. The largest absolute Gasteiger partial charge is 0.320 e. The number of para-hydroxylation sites is 1. The minimum absolute atomic E-state index is 0.148. The van der Waals surface area contributed by atoms with Gasteiger partial charge in [-0.15, -0.1) is 0 Å². The molecule has 6 nitrogen and oxygen atoms in total. The topological polar surface area (TPSA) is 75.5 Å². The highest BCUT2D eigenvalue weighted by molar-refractivity contribution is 6.10. The number of nitrogens with zero attached hydrogens (tertiary/aromatic N) is 2. The molecule has 2 heterocycles. The van der Waals surface area contributed by atoms with Crippen molar-refractivity contribution in [3.63, 3.8) is 0 Å². The van der Waals surface area contributed by atoms with Gasteiger partial charge in [0.05, 0.1) is 5.52 Å². The van der Waals surface area contributed by atoms with Gasteiger partial charge in [0, 0.05) is 17.6 Å². The summed E-state index contributed by atoms with van der Waals surface area (Å²) in [7, 11) is 0. The Morgan fingerprint density at radius 1 is 0.862 bits per heavy atom. The van der Waals surface area contributed by atoms with Gasteiger partial charge in [0.15, 0.2) is 5.69 Å². The average Bonchev–Trinajstić information content (AvgIpc) is 3.11. The van der Waals surface area contributed by atoms with Crippen LogP contribution in [0, 0.1) is 13.8 Å². The molecule has 2 aromatic heterocycles. The van der Waals surface area contributed by atoms with Crippen LogP contribution in [0.15, 0.2) is 72.9 Å². The van der Waals surface area contributed by atoms with Gasteiger partial charge in [-0.2, -0.15) is 0 Å². The summed E-state index contributed by atoms with van der Waals surface area (Å²) < 4.78 is 1.62. The second kappa shape index (κ2) is 7.59. The van der Waals surface area contributed by atoms with Crippen molar-refractivity contribution in [1.29, 1.82) is 0 Å². The molecule has 0 atom stereocenters. The fraction of sp³-hybridized carbons (Fsp3) is 0.0870. The standard InChI is InChI=1S/C23H20N4O2/c1-15-11-12-18(16(2)14-15)25-22(28)20-19-10-6-7-13-27(19)21(26-20)23(29)24-17-8-4-3-5-9-17/h3-14H,1-2H3,(H,24,29)(H,25,28). The first-order chi connectivity index (χ1) is 14.0. The molecule has 0 spiro atoms. The molecule has 0 fully saturated rings. The summed E-state index contributed by atoms with van der Waals surface area (Å²) in [6, 6.07) is 20.3. The number of nitrogens with one attached hydrogen (secondary N) is 2. The molecule has 0 radical (unpaired) electrons. The van der Waals surface area contributed by atoms with Gasteiger partial charge in [-0.25, -0.2) is 4.98 Å². The van der Waals surface area contributed by atoms with Crippen LogP contribution in [-0.4, -0.2) is 21.2 Å². The van der Waals surface area contributed by atoms with Crippen LogP contribution in [-0.2, 0) is 0 Å². The minimum atomic E-state index is -0.386. The van der Waals surface area contributed by atoms with E-state index < -0.39 is 0 Å². The van der Waals surface area contributed by atoms with E-state index in [1.807, 2.05) is 56.3 Å². The van der Waals surface area contributed by atoms with Crippen LogP contribution in [0.5, 0.6) is 0 Å². The van der Waals surface area contributed by atoms with Crippen molar-refractivity contribution in [3.05, 3.63) is 95.6 Å². The highest BCUT2D eigenvalue weighted by atomic mass is 16.2. The Hall–Kier alpha value is -3.93. The first-order valence-corrected chi connectivity index (χ1v) is 9.25. The Labute approximate surface area is 168 Å². The van der Waals surface area contributed by atoms with Crippen molar-refractivity contribution in [2.75, 3.05) is 10.6 Å². The van der Waals surface area contributed by atoms with E-state index in [2.05, 4.69) is 15.6 Å². The first-order valence-electron chi connectivity index (χ1n) is 9.25. The Morgan fingerprint density at radius 2 is 1.62 bits per heavy atom. The molecular formula is C23H20N4O2. The minimum Gasteiger partial charge on any atom is -0.320 e. The molecule has 4 aromatic rings. The number of aryl methyl sites for hydroxylation is 2. The van der Waals surface area contributed by atoms with Crippen molar-refractivity contribution in [1.82, 2.24) is 9.38 Å². The SMILES string of the molecule is Cc1ccc(NC(=O)c2nc(C(=O)Nc3ccccc3)n3ccccc23)c(C)c1. The van der Waals surface area contributed by atoms with E-state index in [-0.39, 0.29) is 23.3 Å². The van der Waals surface area contributed by atoms with Gasteiger partial charge in [0.1, 0.15) is 0 Å². The highest BCUT2D eigenvalue weighted by Crippen LogP contribution is 2.20. The summed E-state index contributed by atoms with van der Waals surface area (Å²) in [6.07, 6.45) is 1.72. The zero-order chi connectivity index (χ0) is 20.4. The maximum Gasteiger partial charge on any atom is 0.292 e. The van der Waals surface area contributed by atoms with Crippen molar-refractivity contribution in [3.8, 4) is 0 Å². The first kappa shape index (κ1) is 18.4. The summed E-state index contributed by atoms with van der Waals surface area (Å²) in [6.45, 7) is 3.94. The zero-order valence-electron chi connectivity index (χ0n) is 16.1. The number of benzene rings is 2. The molecule has 0 bridgehead atoms. The molecule has 0 aliphatic carbocycles. The maximum atomic E-state index is 12.9. The Bertz CT molecular complexity index is 1210. The van der Waals surface area contributed by atoms with Crippen LogP contribution in [0.1, 0.15) is 32.2 Å². The lowest BCUT2D eigenvalue weighted by atomic mass is 10.1. The number of rotatable bonds is 4. The van der Waals surface area contributed by atoms with Gasteiger partial charge in [0.25, 0.3) is 11.8 Å². The lowest BCUT2D eigenvalue weighted by Gasteiger charge is -2.08. The summed E-state index contributed by atoms with van der Waals surface area (Å²) in [5, 5.41) is 5.72. The lowest BCUT2D eigenvalue weighted by Crippen LogP contribution is -2.16. The van der Waals surface area contributed by atoms with E-state index in [4.69, 9.17) is 0 Å².